The van der Waals surface area contributed by atoms with E-state index in [-0.39, 0.29) is 10.4 Å². The van der Waals surface area contributed by atoms with Crippen molar-refractivity contribution in [3.63, 3.8) is 0 Å². The van der Waals surface area contributed by atoms with Crippen LogP contribution in [0.1, 0.15) is 11.6 Å². The molecule has 2 heterocycles. The number of aromatic nitrogens is 2. The summed E-state index contributed by atoms with van der Waals surface area (Å²) in [5.74, 6) is 0.549. The molecular formula is C22H18N4O5S2. The first-order valence-electron chi connectivity index (χ1n) is 10.0. The SMILES string of the molecule is O=C(Nc1ccc2c(c1)OCCO2)[C@H](NS(=O)(=O)c1cccc2nsnc12)c1ccccc1. The Morgan fingerprint density at radius 2 is 1.73 bits per heavy atom. The van der Waals surface area contributed by atoms with E-state index in [4.69, 9.17) is 9.47 Å². The molecule has 0 unspecified atom stereocenters. The zero-order chi connectivity index (χ0) is 22.8. The van der Waals surface area contributed by atoms with E-state index in [2.05, 4.69) is 18.8 Å². The molecule has 0 aliphatic carbocycles. The highest BCUT2D eigenvalue weighted by Crippen LogP contribution is 2.33. The first-order valence-corrected chi connectivity index (χ1v) is 12.2. The number of sulfonamides is 1. The molecule has 0 fully saturated rings. The Labute approximate surface area is 193 Å². The van der Waals surface area contributed by atoms with Crippen LogP contribution in [0.3, 0.4) is 0 Å². The van der Waals surface area contributed by atoms with Gasteiger partial charge < -0.3 is 14.8 Å². The molecule has 0 radical (unpaired) electrons. The van der Waals surface area contributed by atoms with Gasteiger partial charge in [0.25, 0.3) is 0 Å². The Bertz CT molecular complexity index is 1420. The van der Waals surface area contributed by atoms with Gasteiger partial charge in [-0.3, -0.25) is 4.79 Å². The summed E-state index contributed by atoms with van der Waals surface area (Å²) >= 11 is 0.924. The Kier molecular flexibility index (Phi) is 5.67. The number of rotatable bonds is 6. The summed E-state index contributed by atoms with van der Waals surface area (Å²) in [7, 11) is -4.11. The van der Waals surface area contributed by atoms with Gasteiger partial charge >= 0.3 is 0 Å². The molecule has 1 aliphatic rings. The zero-order valence-electron chi connectivity index (χ0n) is 17.1. The van der Waals surface area contributed by atoms with Crippen molar-refractivity contribution in [3.05, 3.63) is 72.3 Å². The summed E-state index contributed by atoms with van der Waals surface area (Å²) in [4.78, 5) is 13.2. The average molecular weight is 483 g/mol. The quantitative estimate of drug-likeness (QED) is 0.433. The Morgan fingerprint density at radius 3 is 2.55 bits per heavy atom. The summed E-state index contributed by atoms with van der Waals surface area (Å²) in [5, 5.41) is 2.77. The van der Waals surface area contributed by atoms with Crippen molar-refractivity contribution in [2.45, 2.75) is 10.9 Å². The van der Waals surface area contributed by atoms with Gasteiger partial charge in [0.15, 0.2) is 11.5 Å². The lowest BCUT2D eigenvalue weighted by molar-refractivity contribution is -0.117. The highest BCUT2D eigenvalue weighted by Gasteiger charge is 2.29. The summed E-state index contributed by atoms with van der Waals surface area (Å²) < 4.78 is 48.4. The Hall–Kier alpha value is -3.54. The first-order chi connectivity index (χ1) is 16.0. The fraction of sp³-hybridized carbons (Fsp3) is 0.136. The largest absolute Gasteiger partial charge is 0.486 e. The summed E-state index contributed by atoms with van der Waals surface area (Å²) in [5.41, 5.74) is 1.67. The van der Waals surface area contributed by atoms with Crippen molar-refractivity contribution >= 4 is 44.4 Å². The number of ether oxygens (including phenoxy) is 2. The van der Waals surface area contributed by atoms with Gasteiger partial charge in [-0.05, 0) is 29.8 Å². The van der Waals surface area contributed by atoms with Crippen LogP contribution in [0.15, 0.2) is 71.6 Å². The number of fused-ring (bicyclic) bond motifs is 2. The van der Waals surface area contributed by atoms with Crippen LogP contribution in [0.2, 0.25) is 0 Å². The number of anilines is 1. The third kappa shape index (κ3) is 4.38. The highest BCUT2D eigenvalue weighted by molar-refractivity contribution is 7.89. The molecule has 2 N–H and O–H groups in total. The van der Waals surface area contributed by atoms with E-state index in [1.807, 2.05) is 0 Å². The maximum absolute atomic E-state index is 13.3. The van der Waals surface area contributed by atoms with Gasteiger partial charge in [0.2, 0.25) is 15.9 Å². The average Bonchev–Trinajstić information content (AvgIpc) is 3.32. The molecule has 0 saturated carbocycles. The van der Waals surface area contributed by atoms with E-state index in [9.17, 15) is 13.2 Å². The van der Waals surface area contributed by atoms with Crippen LogP contribution in [-0.2, 0) is 14.8 Å². The Balaban J connectivity index is 1.46. The number of carbonyl (C=O) groups excluding carboxylic acids is 1. The van der Waals surface area contributed by atoms with E-state index < -0.39 is 22.0 Å². The zero-order valence-corrected chi connectivity index (χ0v) is 18.7. The molecule has 1 aliphatic heterocycles. The number of hydrogen-bond donors (Lipinski definition) is 2. The summed E-state index contributed by atoms with van der Waals surface area (Å²) in [6.07, 6.45) is 0. The molecule has 4 aromatic rings. The molecule has 5 rings (SSSR count). The molecule has 1 atom stereocenters. The fourth-order valence-corrected chi connectivity index (χ4v) is 5.42. The fourth-order valence-electron chi connectivity index (χ4n) is 3.47. The second-order valence-corrected chi connectivity index (χ2v) is 9.41. The monoisotopic (exact) mass is 482 g/mol. The number of nitrogens with zero attached hydrogens (tertiary/aromatic N) is 2. The number of benzene rings is 3. The van der Waals surface area contributed by atoms with Crippen LogP contribution in [0.4, 0.5) is 5.69 Å². The maximum Gasteiger partial charge on any atom is 0.247 e. The smallest absolute Gasteiger partial charge is 0.247 e. The van der Waals surface area contributed by atoms with E-state index in [1.54, 1.807) is 60.7 Å². The number of nitrogens with one attached hydrogen (secondary N) is 2. The number of hydrogen-bond acceptors (Lipinski definition) is 8. The van der Waals surface area contributed by atoms with Gasteiger partial charge in [-0.25, -0.2) is 8.42 Å². The molecule has 1 amide bonds. The van der Waals surface area contributed by atoms with Crippen molar-refractivity contribution in [3.8, 4) is 11.5 Å². The molecule has 11 heteroatoms. The molecule has 0 saturated heterocycles. The molecular weight excluding hydrogens is 464 g/mol. The summed E-state index contributed by atoms with van der Waals surface area (Å²) in [6.45, 7) is 0.867. The van der Waals surface area contributed by atoms with E-state index >= 15 is 0 Å². The molecule has 9 nitrogen and oxygen atoms in total. The molecule has 168 valence electrons. The van der Waals surface area contributed by atoms with Crippen LogP contribution in [0.25, 0.3) is 11.0 Å². The molecule has 0 spiro atoms. The topological polar surface area (TPSA) is 120 Å². The predicted molar refractivity (Wildman–Crippen MR) is 123 cm³/mol. The number of amides is 1. The van der Waals surface area contributed by atoms with Crippen LogP contribution in [-0.4, -0.2) is 36.3 Å². The molecule has 3 aromatic carbocycles. The van der Waals surface area contributed by atoms with Gasteiger partial charge in [0.05, 0.1) is 11.7 Å². The number of carbonyl (C=O) groups is 1. The van der Waals surface area contributed by atoms with Gasteiger partial charge in [-0.15, -0.1) is 0 Å². The lowest BCUT2D eigenvalue weighted by Gasteiger charge is -2.21. The Morgan fingerprint density at radius 1 is 0.939 bits per heavy atom. The van der Waals surface area contributed by atoms with Crippen molar-refractivity contribution in [2.75, 3.05) is 18.5 Å². The summed E-state index contributed by atoms with van der Waals surface area (Å²) in [6, 6.07) is 17.2. The molecule has 1 aromatic heterocycles. The molecule has 33 heavy (non-hydrogen) atoms. The standard InChI is InChI=1S/C22H18N4O5S2/c27-22(23-15-9-10-17-18(13-15)31-12-11-30-17)20(14-5-2-1-3-6-14)26-33(28,29)19-8-4-7-16-21(19)25-32-24-16/h1-10,13,20,26H,11-12H2,(H,23,27)/t20-/m1/s1. The predicted octanol–water partition coefficient (Wildman–Crippen LogP) is 3.12. The van der Waals surface area contributed by atoms with Crippen LogP contribution in [0.5, 0.6) is 11.5 Å². The van der Waals surface area contributed by atoms with Gasteiger partial charge in [-0.2, -0.15) is 13.5 Å². The molecule has 0 bridgehead atoms. The van der Waals surface area contributed by atoms with Gasteiger partial charge in [-0.1, -0.05) is 36.4 Å². The third-order valence-electron chi connectivity index (χ3n) is 5.02. The minimum absolute atomic E-state index is 0.0400. The van der Waals surface area contributed by atoms with Crippen LogP contribution < -0.4 is 19.5 Å². The van der Waals surface area contributed by atoms with Crippen molar-refractivity contribution < 1.29 is 22.7 Å². The second-order valence-electron chi connectivity index (χ2n) is 7.20. The van der Waals surface area contributed by atoms with Gasteiger partial charge in [0, 0.05) is 11.8 Å². The third-order valence-corrected chi connectivity index (χ3v) is 7.01. The van der Waals surface area contributed by atoms with Crippen LogP contribution in [0, 0.1) is 0 Å². The van der Waals surface area contributed by atoms with Crippen molar-refractivity contribution in [1.29, 1.82) is 0 Å². The minimum atomic E-state index is -4.11. The van der Waals surface area contributed by atoms with E-state index in [0.29, 0.717) is 41.5 Å². The van der Waals surface area contributed by atoms with Crippen LogP contribution >= 0.6 is 11.7 Å². The highest BCUT2D eigenvalue weighted by atomic mass is 32.2. The lowest BCUT2D eigenvalue weighted by atomic mass is 10.1. The minimum Gasteiger partial charge on any atom is -0.486 e. The lowest BCUT2D eigenvalue weighted by Crippen LogP contribution is -2.37. The van der Waals surface area contributed by atoms with Crippen molar-refractivity contribution in [2.24, 2.45) is 0 Å². The van der Waals surface area contributed by atoms with E-state index in [0.717, 1.165) is 11.7 Å². The maximum atomic E-state index is 13.3. The van der Waals surface area contributed by atoms with E-state index in [1.165, 1.54) is 6.07 Å². The first kappa shape index (κ1) is 21.3. The van der Waals surface area contributed by atoms with Crippen molar-refractivity contribution in [1.82, 2.24) is 13.5 Å². The normalized spacial score (nSPS) is 14.1. The second kappa shape index (κ2) is 8.77. The van der Waals surface area contributed by atoms with Gasteiger partial charge in [0.1, 0.15) is 35.2 Å².